The van der Waals surface area contributed by atoms with Gasteiger partial charge in [0, 0.05) is 0 Å². The van der Waals surface area contributed by atoms with Crippen molar-refractivity contribution in [3.8, 4) is 0 Å². The van der Waals surface area contributed by atoms with Gasteiger partial charge in [-0.1, -0.05) is 34.1 Å². The van der Waals surface area contributed by atoms with Crippen molar-refractivity contribution in [2.24, 2.45) is 11.3 Å². The second kappa shape index (κ2) is 6.02. The van der Waals surface area contributed by atoms with Crippen LogP contribution in [0.5, 0.6) is 0 Å². The zero-order valence-corrected chi connectivity index (χ0v) is 11.3. The van der Waals surface area contributed by atoms with E-state index in [0.29, 0.717) is 24.0 Å². The Morgan fingerprint density at radius 1 is 1.31 bits per heavy atom. The predicted octanol–water partition coefficient (Wildman–Crippen LogP) is 3.38. The summed E-state index contributed by atoms with van der Waals surface area (Å²) < 4.78 is 5.81. The Morgan fingerprint density at radius 2 is 1.88 bits per heavy atom. The van der Waals surface area contributed by atoms with E-state index in [-0.39, 0.29) is 6.10 Å². The molecule has 0 aromatic carbocycles. The fourth-order valence-corrected chi connectivity index (χ4v) is 2.21. The smallest absolute Gasteiger partial charge is 0.0799 e. The third-order valence-corrected chi connectivity index (χ3v) is 4.09. The Morgan fingerprint density at radius 3 is 2.38 bits per heavy atom. The first kappa shape index (κ1) is 14.0. The third-order valence-electron chi connectivity index (χ3n) is 4.09. The lowest BCUT2D eigenvalue weighted by molar-refractivity contribution is -0.0512. The van der Waals surface area contributed by atoms with Gasteiger partial charge in [-0.05, 0) is 37.0 Å². The average molecular weight is 228 g/mol. The van der Waals surface area contributed by atoms with Gasteiger partial charge in [0.2, 0.25) is 0 Å². The van der Waals surface area contributed by atoms with Gasteiger partial charge in [-0.2, -0.15) is 0 Å². The van der Waals surface area contributed by atoms with Crippen LogP contribution >= 0.6 is 0 Å². The molecule has 16 heavy (non-hydrogen) atoms. The lowest BCUT2D eigenvalue weighted by atomic mass is 9.76. The van der Waals surface area contributed by atoms with Crippen LogP contribution in [0, 0.1) is 11.3 Å². The number of aliphatic hydroxyl groups is 1. The van der Waals surface area contributed by atoms with Crippen LogP contribution < -0.4 is 0 Å². The molecule has 2 atom stereocenters. The molecule has 0 aliphatic heterocycles. The number of rotatable bonds is 5. The van der Waals surface area contributed by atoms with Gasteiger partial charge in [-0.25, -0.2) is 0 Å². The molecular weight excluding hydrogens is 200 g/mol. The van der Waals surface area contributed by atoms with Crippen LogP contribution in [0.3, 0.4) is 0 Å². The van der Waals surface area contributed by atoms with Crippen LogP contribution in [0.25, 0.3) is 0 Å². The highest BCUT2D eigenvalue weighted by atomic mass is 16.5. The van der Waals surface area contributed by atoms with Crippen molar-refractivity contribution in [3.05, 3.63) is 0 Å². The third kappa shape index (κ3) is 4.42. The Hall–Kier alpha value is -0.0800. The molecule has 0 aromatic heterocycles. The van der Waals surface area contributed by atoms with Crippen LogP contribution in [0.1, 0.15) is 59.8 Å². The first-order valence-electron chi connectivity index (χ1n) is 6.74. The number of hydrogen-bond acceptors (Lipinski definition) is 2. The van der Waals surface area contributed by atoms with Crippen molar-refractivity contribution in [1.29, 1.82) is 0 Å². The van der Waals surface area contributed by atoms with Crippen molar-refractivity contribution < 1.29 is 9.84 Å². The minimum Gasteiger partial charge on any atom is -0.390 e. The van der Waals surface area contributed by atoms with E-state index in [4.69, 9.17) is 4.74 Å². The summed E-state index contributed by atoms with van der Waals surface area (Å²) in [7, 11) is 0. The highest BCUT2D eigenvalue weighted by molar-refractivity contribution is 4.79. The van der Waals surface area contributed by atoms with Gasteiger partial charge in [0.05, 0.1) is 18.8 Å². The molecular formula is C14H28O2. The van der Waals surface area contributed by atoms with Gasteiger partial charge in [-0.15, -0.1) is 0 Å². The van der Waals surface area contributed by atoms with E-state index in [1.807, 2.05) is 0 Å². The van der Waals surface area contributed by atoms with E-state index < -0.39 is 0 Å². The molecule has 96 valence electrons. The summed E-state index contributed by atoms with van der Waals surface area (Å²) in [6, 6.07) is 0. The van der Waals surface area contributed by atoms with Crippen molar-refractivity contribution >= 4 is 0 Å². The summed E-state index contributed by atoms with van der Waals surface area (Å²) in [5.41, 5.74) is 0.495. The van der Waals surface area contributed by atoms with E-state index in [2.05, 4.69) is 27.7 Å². The van der Waals surface area contributed by atoms with Crippen LogP contribution in [0.2, 0.25) is 0 Å². The number of ether oxygens (including phenoxy) is 1. The first-order valence-corrected chi connectivity index (χ1v) is 6.74. The van der Waals surface area contributed by atoms with Gasteiger partial charge in [0.25, 0.3) is 0 Å². The highest BCUT2D eigenvalue weighted by Gasteiger charge is 2.27. The molecule has 1 N–H and O–H groups in total. The molecule has 1 aliphatic rings. The second-order valence-corrected chi connectivity index (χ2v) is 6.15. The maximum absolute atomic E-state index is 9.83. The minimum atomic E-state index is -0.292. The molecule has 0 amide bonds. The first-order chi connectivity index (χ1) is 7.44. The molecule has 2 heteroatoms. The summed E-state index contributed by atoms with van der Waals surface area (Å²) in [6.45, 7) is 9.36. The molecule has 0 saturated heterocycles. The second-order valence-electron chi connectivity index (χ2n) is 6.15. The predicted molar refractivity (Wildman–Crippen MR) is 67.5 cm³/mol. The largest absolute Gasteiger partial charge is 0.390 e. The standard InChI is InChI=1S/C14H28O2/c1-5-11(2)13(15)10-16-12-6-8-14(3,4)9-7-12/h11-13,15H,5-10H2,1-4H3. The van der Waals surface area contributed by atoms with Crippen molar-refractivity contribution in [3.63, 3.8) is 0 Å². The Bertz CT molecular complexity index is 191. The van der Waals surface area contributed by atoms with Crippen LogP contribution in [0.15, 0.2) is 0 Å². The average Bonchev–Trinajstić information content (AvgIpc) is 2.26. The normalized spacial score (nSPS) is 25.3. The van der Waals surface area contributed by atoms with E-state index in [1.54, 1.807) is 0 Å². The summed E-state index contributed by atoms with van der Waals surface area (Å²) in [5, 5.41) is 9.83. The molecule has 0 heterocycles. The molecule has 2 nitrogen and oxygen atoms in total. The van der Waals surface area contributed by atoms with Gasteiger partial charge < -0.3 is 9.84 Å². The van der Waals surface area contributed by atoms with Crippen molar-refractivity contribution in [1.82, 2.24) is 0 Å². The summed E-state index contributed by atoms with van der Waals surface area (Å²) >= 11 is 0. The monoisotopic (exact) mass is 228 g/mol. The van der Waals surface area contributed by atoms with Crippen LogP contribution in [0.4, 0.5) is 0 Å². The SMILES string of the molecule is CCC(C)C(O)COC1CCC(C)(C)CC1. The minimum absolute atomic E-state index is 0.292. The molecule has 1 saturated carbocycles. The van der Waals surface area contributed by atoms with Crippen molar-refractivity contribution in [2.75, 3.05) is 6.61 Å². The number of hydrogen-bond donors (Lipinski definition) is 1. The molecule has 1 fully saturated rings. The summed E-state index contributed by atoms with van der Waals surface area (Å²) in [4.78, 5) is 0. The van der Waals surface area contributed by atoms with Gasteiger partial charge >= 0.3 is 0 Å². The maximum atomic E-state index is 9.83. The van der Waals surface area contributed by atoms with Gasteiger partial charge in [-0.3, -0.25) is 0 Å². The van der Waals surface area contributed by atoms with Crippen molar-refractivity contribution in [2.45, 2.75) is 72.0 Å². The highest BCUT2D eigenvalue weighted by Crippen LogP contribution is 2.36. The van der Waals surface area contributed by atoms with Gasteiger partial charge in [0.1, 0.15) is 0 Å². The lowest BCUT2D eigenvalue weighted by Crippen LogP contribution is -2.31. The molecule has 0 radical (unpaired) electrons. The summed E-state index contributed by atoms with van der Waals surface area (Å²) in [5.74, 6) is 0.347. The zero-order chi connectivity index (χ0) is 12.2. The van der Waals surface area contributed by atoms with E-state index in [9.17, 15) is 5.11 Å². The molecule has 0 bridgehead atoms. The summed E-state index contributed by atoms with van der Waals surface area (Å²) in [6.07, 6.45) is 5.91. The van der Waals surface area contributed by atoms with E-state index in [1.165, 1.54) is 12.8 Å². The fraction of sp³-hybridized carbons (Fsp3) is 1.00. The fourth-order valence-electron chi connectivity index (χ4n) is 2.21. The Balaban J connectivity index is 2.20. The Kier molecular flexibility index (Phi) is 5.26. The topological polar surface area (TPSA) is 29.5 Å². The maximum Gasteiger partial charge on any atom is 0.0799 e. The Labute approximate surface area is 100 Å². The zero-order valence-electron chi connectivity index (χ0n) is 11.3. The molecule has 1 rings (SSSR count). The quantitative estimate of drug-likeness (QED) is 0.781. The molecule has 0 aromatic rings. The molecule has 2 unspecified atom stereocenters. The van der Waals surface area contributed by atoms with E-state index in [0.717, 1.165) is 19.3 Å². The van der Waals surface area contributed by atoms with Crippen LogP contribution in [-0.2, 0) is 4.74 Å². The van der Waals surface area contributed by atoms with E-state index >= 15 is 0 Å². The van der Waals surface area contributed by atoms with Gasteiger partial charge in [0.15, 0.2) is 0 Å². The molecule has 1 aliphatic carbocycles. The lowest BCUT2D eigenvalue weighted by Gasteiger charge is -2.34. The number of aliphatic hydroxyl groups excluding tert-OH is 1. The van der Waals surface area contributed by atoms with Crippen LogP contribution in [-0.4, -0.2) is 23.9 Å². The molecule has 0 spiro atoms.